The molecule has 3 rings (SSSR count). The summed E-state index contributed by atoms with van der Waals surface area (Å²) in [4.78, 5) is 16.6. The van der Waals surface area contributed by atoms with Crippen LogP contribution < -0.4 is 15.4 Å². The van der Waals surface area contributed by atoms with Crippen LogP contribution in [-0.4, -0.2) is 18.5 Å². The minimum Gasteiger partial charge on any atom is -0.493 e. The van der Waals surface area contributed by atoms with E-state index in [9.17, 15) is 4.79 Å². The Morgan fingerprint density at radius 2 is 1.62 bits per heavy atom. The van der Waals surface area contributed by atoms with E-state index in [2.05, 4.69) is 55.1 Å². The number of hydrogen-bond acceptors (Lipinski definition) is 5. The molecule has 0 saturated heterocycles. The summed E-state index contributed by atoms with van der Waals surface area (Å²) in [6.07, 6.45) is 9.66. The van der Waals surface area contributed by atoms with E-state index in [1.54, 1.807) is 6.92 Å². The molecule has 0 amide bonds. The van der Waals surface area contributed by atoms with Gasteiger partial charge in [0.25, 0.3) is 0 Å². The van der Waals surface area contributed by atoms with Crippen LogP contribution in [0.4, 0.5) is 0 Å². The van der Waals surface area contributed by atoms with Crippen molar-refractivity contribution in [3.63, 3.8) is 0 Å². The van der Waals surface area contributed by atoms with E-state index in [4.69, 9.17) is 20.2 Å². The molecule has 2 N–H and O–H groups in total. The van der Waals surface area contributed by atoms with Crippen LogP contribution in [0.25, 0.3) is 0 Å². The second-order valence-corrected chi connectivity index (χ2v) is 10.0. The van der Waals surface area contributed by atoms with Crippen molar-refractivity contribution in [2.24, 2.45) is 5.90 Å². The number of unbranched alkanes of at least 4 members (excludes halogenated alkanes) is 3. The second-order valence-electron chi connectivity index (χ2n) is 10.0. The van der Waals surface area contributed by atoms with Gasteiger partial charge in [-0.2, -0.15) is 5.90 Å². The Hall–Kier alpha value is -3.57. The number of benzene rings is 3. The van der Waals surface area contributed by atoms with Gasteiger partial charge in [0.05, 0.1) is 12.7 Å². The number of nitrogens with two attached hydrogens (primary N) is 1. The molecular formula is C35H47NO4. The summed E-state index contributed by atoms with van der Waals surface area (Å²) >= 11 is 0. The van der Waals surface area contributed by atoms with Crippen LogP contribution in [0.1, 0.15) is 87.2 Å². The molecule has 0 fully saturated rings. The number of para-hydroxylation sites is 1. The van der Waals surface area contributed by atoms with Crippen molar-refractivity contribution in [3.8, 4) is 11.5 Å². The largest absolute Gasteiger partial charge is 0.493 e. The third kappa shape index (κ3) is 12.1. The lowest BCUT2D eigenvalue weighted by Crippen LogP contribution is -2.18. The van der Waals surface area contributed by atoms with Gasteiger partial charge in [-0.15, -0.1) is 0 Å². The maximum Gasteiger partial charge on any atom is 0.159 e. The van der Waals surface area contributed by atoms with Gasteiger partial charge in [0.2, 0.25) is 0 Å². The minimum atomic E-state index is 0. The zero-order valence-corrected chi connectivity index (χ0v) is 23.3. The fourth-order valence-corrected chi connectivity index (χ4v) is 4.60. The molecule has 0 radical (unpaired) electrons. The van der Waals surface area contributed by atoms with E-state index >= 15 is 0 Å². The number of rotatable bonds is 19. The molecule has 0 aromatic heterocycles. The van der Waals surface area contributed by atoms with E-state index in [0.717, 1.165) is 75.9 Å². The van der Waals surface area contributed by atoms with Crippen molar-refractivity contribution in [3.05, 3.63) is 108 Å². The van der Waals surface area contributed by atoms with Crippen LogP contribution in [0.3, 0.4) is 0 Å². The molecule has 3 aromatic rings. The summed E-state index contributed by atoms with van der Waals surface area (Å²) in [5, 5.41) is 0. The van der Waals surface area contributed by atoms with Gasteiger partial charge >= 0.3 is 0 Å². The van der Waals surface area contributed by atoms with E-state index in [1.165, 1.54) is 17.5 Å². The van der Waals surface area contributed by atoms with Crippen molar-refractivity contribution in [1.82, 2.24) is 0 Å². The topological polar surface area (TPSA) is 70.8 Å². The summed E-state index contributed by atoms with van der Waals surface area (Å²) in [5.74, 6) is 7.50. The van der Waals surface area contributed by atoms with Crippen molar-refractivity contribution in [2.75, 3.05) is 6.61 Å². The first kappa shape index (κ1) is 32.6. The molecule has 0 saturated carbocycles. The van der Waals surface area contributed by atoms with E-state index in [1.807, 2.05) is 30.3 Å². The van der Waals surface area contributed by atoms with Crippen LogP contribution in [0.15, 0.2) is 91.2 Å². The molecule has 1 atom stereocenters. The highest BCUT2D eigenvalue weighted by atomic mass is 16.6. The zero-order valence-electron chi connectivity index (χ0n) is 23.3. The lowest BCUT2D eigenvalue weighted by molar-refractivity contribution is 0.101. The van der Waals surface area contributed by atoms with Gasteiger partial charge in [-0.3, -0.25) is 4.79 Å². The average molecular weight is 546 g/mol. The van der Waals surface area contributed by atoms with Gasteiger partial charge in [0.1, 0.15) is 17.3 Å². The van der Waals surface area contributed by atoms with Gasteiger partial charge in [0, 0.05) is 12.0 Å². The predicted octanol–water partition coefficient (Wildman–Crippen LogP) is 8.66. The average Bonchev–Trinajstić information content (AvgIpc) is 2.96. The molecule has 40 heavy (non-hydrogen) atoms. The molecule has 0 aliphatic rings. The fourth-order valence-electron chi connectivity index (χ4n) is 4.60. The van der Waals surface area contributed by atoms with Crippen LogP contribution in [-0.2, 0) is 17.7 Å². The number of Topliss-reactive ketones (excluding diaryl/α,β-unsaturated/α-hetero) is 1. The molecule has 5 heteroatoms. The zero-order chi connectivity index (χ0) is 27.7. The molecule has 216 valence electrons. The predicted molar refractivity (Wildman–Crippen MR) is 165 cm³/mol. The normalized spacial score (nSPS) is 11.2. The molecule has 0 heterocycles. The van der Waals surface area contributed by atoms with Gasteiger partial charge < -0.3 is 14.3 Å². The van der Waals surface area contributed by atoms with E-state index in [-0.39, 0.29) is 19.3 Å². The highest BCUT2D eigenvalue weighted by molar-refractivity contribution is 5.94. The Balaban J connectivity index is 0.00000560. The standard InChI is InChI=1S/C34H43NO4.CH4/c1-27(39-35)14-8-10-20-32(38-33-21-13-19-31(26-33)28(2)36)24-23-30-18-9-11-22-34(30)37-25-12-4-7-17-29-15-5-3-6-16-29;/h3,5-6,9,11,13,15-16,18-19,21-22,26,32H,1,4,7-8,10,12,14,17,20,23-25,35H2,2H3;1H4. The monoisotopic (exact) mass is 545 g/mol. The van der Waals surface area contributed by atoms with Crippen molar-refractivity contribution in [2.45, 2.75) is 84.7 Å². The third-order valence-corrected chi connectivity index (χ3v) is 6.86. The first-order valence-corrected chi connectivity index (χ1v) is 14.1. The highest BCUT2D eigenvalue weighted by Crippen LogP contribution is 2.25. The number of hydrogen-bond donors (Lipinski definition) is 1. The first-order chi connectivity index (χ1) is 19.0. The first-order valence-electron chi connectivity index (χ1n) is 14.1. The minimum absolute atomic E-state index is 0. The van der Waals surface area contributed by atoms with Gasteiger partial charge in [-0.25, -0.2) is 0 Å². The number of allylic oxidation sites excluding steroid dienone is 1. The van der Waals surface area contributed by atoms with Crippen LogP contribution in [0.2, 0.25) is 0 Å². The summed E-state index contributed by atoms with van der Waals surface area (Å²) < 4.78 is 12.6. The van der Waals surface area contributed by atoms with Gasteiger partial charge in [-0.05, 0) is 94.0 Å². The lowest BCUT2D eigenvalue weighted by atomic mass is 10.0. The van der Waals surface area contributed by atoms with Crippen molar-refractivity contribution < 1.29 is 19.1 Å². The summed E-state index contributed by atoms with van der Waals surface area (Å²) in [6, 6.07) is 26.4. The summed E-state index contributed by atoms with van der Waals surface area (Å²) in [6.45, 7) is 6.09. The van der Waals surface area contributed by atoms with Crippen molar-refractivity contribution in [1.29, 1.82) is 0 Å². The van der Waals surface area contributed by atoms with Crippen molar-refractivity contribution >= 4 is 5.78 Å². The number of aryl methyl sites for hydroxylation is 2. The van der Waals surface area contributed by atoms with Crippen LogP contribution in [0, 0.1) is 0 Å². The molecule has 0 bridgehead atoms. The third-order valence-electron chi connectivity index (χ3n) is 6.86. The Morgan fingerprint density at radius 3 is 2.40 bits per heavy atom. The summed E-state index contributed by atoms with van der Waals surface area (Å²) in [7, 11) is 0. The molecule has 0 aliphatic heterocycles. The number of carbonyl (C=O) groups excluding carboxylic acids is 1. The second kappa shape index (κ2) is 18.7. The van der Waals surface area contributed by atoms with Gasteiger partial charge in [-0.1, -0.05) is 74.7 Å². The maximum atomic E-state index is 11.8. The van der Waals surface area contributed by atoms with Crippen LogP contribution >= 0.6 is 0 Å². The van der Waals surface area contributed by atoms with E-state index < -0.39 is 0 Å². The molecule has 1 unspecified atom stereocenters. The highest BCUT2D eigenvalue weighted by Gasteiger charge is 2.14. The number of ether oxygens (including phenoxy) is 2. The number of carbonyl (C=O) groups is 1. The Labute approximate surface area is 241 Å². The molecule has 0 aliphatic carbocycles. The molecular weight excluding hydrogens is 498 g/mol. The fraction of sp³-hybridized carbons (Fsp3) is 0.400. The lowest BCUT2D eigenvalue weighted by Gasteiger charge is -2.20. The Morgan fingerprint density at radius 1 is 0.850 bits per heavy atom. The number of ketones is 1. The maximum absolute atomic E-state index is 11.8. The van der Waals surface area contributed by atoms with Crippen LogP contribution in [0.5, 0.6) is 11.5 Å². The van der Waals surface area contributed by atoms with Gasteiger partial charge in [0.15, 0.2) is 5.78 Å². The van der Waals surface area contributed by atoms with E-state index in [0.29, 0.717) is 11.3 Å². The Kier molecular flexibility index (Phi) is 15.2. The SMILES string of the molecule is C.C=C(CCCCC(CCc1ccccc1OCCCCCc1ccccc1)Oc1cccc(C(C)=O)c1)ON. The molecule has 3 aromatic carbocycles. The molecule has 5 nitrogen and oxygen atoms in total. The summed E-state index contributed by atoms with van der Waals surface area (Å²) in [5.41, 5.74) is 3.24. The molecule has 0 spiro atoms. The Bertz CT molecular complexity index is 1140. The smallest absolute Gasteiger partial charge is 0.159 e. The quantitative estimate of drug-likeness (QED) is 0.0706.